The number of carbonyl (C=O) groups is 1. The zero-order valence-electron chi connectivity index (χ0n) is 16.5. The molecule has 2 atom stereocenters. The second-order valence-electron chi connectivity index (χ2n) is 7.31. The smallest absolute Gasteiger partial charge is 0.253 e. The van der Waals surface area contributed by atoms with Gasteiger partial charge in [-0.25, -0.2) is 4.98 Å². The maximum Gasteiger partial charge on any atom is 0.253 e. The number of amides is 1. The number of aromatic nitrogens is 1. The van der Waals surface area contributed by atoms with Crippen molar-refractivity contribution in [1.82, 2.24) is 15.2 Å². The minimum atomic E-state index is 0. The van der Waals surface area contributed by atoms with Crippen LogP contribution in [0, 0.1) is 0 Å². The Morgan fingerprint density at radius 3 is 2.59 bits per heavy atom. The third-order valence-corrected chi connectivity index (χ3v) is 6.22. The number of thiazole rings is 1. The van der Waals surface area contributed by atoms with Crippen molar-refractivity contribution >= 4 is 42.1 Å². The van der Waals surface area contributed by atoms with Crippen LogP contribution in [0.5, 0.6) is 11.5 Å². The second-order valence-corrected chi connectivity index (χ2v) is 8.03. The molecule has 1 amide bonds. The van der Waals surface area contributed by atoms with Gasteiger partial charge in [0.15, 0.2) is 11.5 Å². The molecule has 1 aromatic carbocycles. The van der Waals surface area contributed by atoms with Gasteiger partial charge in [0, 0.05) is 36.1 Å². The third-order valence-electron chi connectivity index (χ3n) is 5.59. The summed E-state index contributed by atoms with van der Waals surface area (Å²) >= 11 is 1.54. The van der Waals surface area contributed by atoms with E-state index in [1.165, 1.54) is 24.2 Å². The largest absolute Gasteiger partial charge is 0.493 e. The highest BCUT2D eigenvalue weighted by Crippen LogP contribution is 2.32. The Morgan fingerprint density at radius 2 is 1.97 bits per heavy atom. The molecule has 3 heterocycles. The van der Waals surface area contributed by atoms with Crippen LogP contribution in [-0.4, -0.2) is 48.1 Å². The molecule has 0 radical (unpaired) electrons. The number of ether oxygens (including phenoxy) is 2. The molecular formula is C20H27Cl2N3O3S. The van der Waals surface area contributed by atoms with Crippen LogP contribution >= 0.6 is 36.2 Å². The van der Waals surface area contributed by atoms with Crippen LogP contribution in [0.4, 0.5) is 0 Å². The molecule has 2 aliphatic rings. The second kappa shape index (κ2) is 10.5. The van der Waals surface area contributed by atoms with E-state index in [2.05, 4.69) is 10.3 Å². The van der Waals surface area contributed by atoms with E-state index < -0.39 is 0 Å². The number of fused-ring (bicyclic) bond motifs is 2. The maximum absolute atomic E-state index is 13.0. The molecule has 0 spiro atoms. The number of piperidine rings is 1. The van der Waals surface area contributed by atoms with Crippen molar-refractivity contribution in [2.24, 2.45) is 0 Å². The Balaban J connectivity index is 0.00000150. The van der Waals surface area contributed by atoms with E-state index in [0.29, 0.717) is 41.8 Å². The Bertz CT molecular complexity index is 794. The van der Waals surface area contributed by atoms with Gasteiger partial charge >= 0.3 is 0 Å². The molecule has 0 saturated carbocycles. The molecule has 2 unspecified atom stereocenters. The minimum Gasteiger partial charge on any atom is -0.493 e. The number of nitrogens with zero attached hydrogens (tertiary/aromatic N) is 2. The summed E-state index contributed by atoms with van der Waals surface area (Å²) in [6.07, 6.45) is 4.51. The molecule has 160 valence electrons. The number of methoxy groups -OCH3 is 1. The van der Waals surface area contributed by atoms with E-state index in [0.717, 1.165) is 18.5 Å². The third kappa shape index (κ3) is 5.34. The topological polar surface area (TPSA) is 63.7 Å². The van der Waals surface area contributed by atoms with Gasteiger partial charge in [-0.1, -0.05) is 0 Å². The molecule has 0 aliphatic carbocycles. The van der Waals surface area contributed by atoms with E-state index in [4.69, 9.17) is 9.47 Å². The molecular weight excluding hydrogens is 433 g/mol. The highest BCUT2D eigenvalue weighted by Gasteiger charge is 2.36. The van der Waals surface area contributed by atoms with Crippen molar-refractivity contribution in [3.8, 4) is 11.5 Å². The number of halogens is 2. The van der Waals surface area contributed by atoms with Crippen molar-refractivity contribution in [2.45, 2.75) is 50.4 Å². The summed E-state index contributed by atoms with van der Waals surface area (Å²) < 4.78 is 11.3. The molecule has 1 N–H and O–H groups in total. The van der Waals surface area contributed by atoms with Crippen LogP contribution in [0.2, 0.25) is 0 Å². The minimum absolute atomic E-state index is 0. The Hall–Kier alpha value is -1.54. The molecule has 1 aromatic heterocycles. The predicted octanol–water partition coefficient (Wildman–Crippen LogP) is 3.93. The quantitative estimate of drug-likeness (QED) is 0.708. The fourth-order valence-electron chi connectivity index (χ4n) is 4.09. The summed E-state index contributed by atoms with van der Waals surface area (Å²) in [4.78, 5) is 19.1. The molecule has 2 aromatic rings. The van der Waals surface area contributed by atoms with Gasteiger partial charge in [-0.05, 0) is 43.9 Å². The van der Waals surface area contributed by atoms with E-state index in [-0.39, 0.29) is 30.7 Å². The van der Waals surface area contributed by atoms with Crippen LogP contribution in [0.15, 0.2) is 29.1 Å². The molecule has 2 fully saturated rings. The van der Waals surface area contributed by atoms with Crippen LogP contribution in [0.3, 0.4) is 0 Å². The van der Waals surface area contributed by atoms with Gasteiger partial charge in [0.1, 0.15) is 6.61 Å². The molecule has 6 nitrogen and oxygen atoms in total. The molecule has 4 rings (SSSR count). The average molecular weight is 460 g/mol. The van der Waals surface area contributed by atoms with Crippen LogP contribution in [-0.2, 0) is 6.61 Å². The van der Waals surface area contributed by atoms with Crippen molar-refractivity contribution in [2.75, 3.05) is 14.2 Å². The molecule has 2 bridgehead atoms. The van der Waals surface area contributed by atoms with Crippen molar-refractivity contribution in [3.05, 3.63) is 40.3 Å². The summed E-state index contributed by atoms with van der Waals surface area (Å²) in [7, 11) is 3.50. The molecule has 9 heteroatoms. The first-order valence-electron chi connectivity index (χ1n) is 9.35. The lowest BCUT2D eigenvalue weighted by molar-refractivity contribution is 0.0681. The number of nitrogens with one attached hydrogen (secondary N) is 1. The standard InChI is InChI=1S/C20H25N3O3S.2ClH/c1-23(17-8-14-4-5-15(9-17)22-14)20(24)13-3-6-18(19(7-13)25-2)26-10-16-11-27-12-21-16;;/h3,6-7,11-12,14-15,17,22H,4-5,8-10H2,1-2H3;2*1H. The lowest BCUT2D eigenvalue weighted by atomic mass is 9.98. The fourth-order valence-corrected chi connectivity index (χ4v) is 4.64. The van der Waals surface area contributed by atoms with Gasteiger partial charge in [0.2, 0.25) is 0 Å². The normalized spacial score (nSPS) is 22.2. The van der Waals surface area contributed by atoms with E-state index >= 15 is 0 Å². The van der Waals surface area contributed by atoms with Gasteiger partial charge < -0.3 is 19.7 Å². The molecule has 2 saturated heterocycles. The van der Waals surface area contributed by atoms with Gasteiger partial charge in [-0.2, -0.15) is 0 Å². The molecule has 29 heavy (non-hydrogen) atoms. The highest BCUT2D eigenvalue weighted by molar-refractivity contribution is 7.07. The lowest BCUT2D eigenvalue weighted by Crippen LogP contribution is -2.48. The monoisotopic (exact) mass is 459 g/mol. The summed E-state index contributed by atoms with van der Waals surface area (Å²) in [5.41, 5.74) is 3.28. The number of hydrogen-bond donors (Lipinski definition) is 1. The van der Waals surface area contributed by atoms with Crippen LogP contribution < -0.4 is 14.8 Å². The number of hydrogen-bond acceptors (Lipinski definition) is 6. The average Bonchev–Trinajstić information content (AvgIpc) is 3.34. The first-order chi connectivity index (χ1) is 13.1. The van der Waals surface area contributed by atoms with Gasteiger partial charge in [0.05, 0.1) is 18.3 Å². The Kier molecular flexibility index (Phi) is 8.58. The maximum atomic E-state index is 13.0. The van der Waals surface area contributed by atoms with Gasteiger partial charge in [-0.3, -0.25) is 4.79 Å². The summed E-state index contributed by atoms with van der Waals surface area (Å²) in [5, 5.41) is 5.58. The van der Waals surface area contributed by atoms with E-state index in [1.54, 1.807) is 24.8 Å². The fraction of sp³-hybridized carbons (Fsp3) is 0.500. The van der Waals surface area contributed by atoms with Crippen molar-refractivity contribution in [3.63, 3.8) is 0 Å². The van der Waals surface area contributed by atoms with Crippen molar-refractivity contribution in [1.29, 1.82) is 0 Å². The van der Waals surface area contributed by atoms with E-state index in [1.807, 2.05) is 23.4 Å². The summed E-state index contributed by atoms with van der Waals surface area (Å²) in [6, 6.07) is 6.79. The Morgan fingerprint density at radius 1 is 1.24 bits per heavy atom. The zero-order valence-corrected chi connectivity index (χ0v) is 18.9. The first kappa shape index (κ1) is 23.7. The van der Waals surface area contributed by atoms with Gasteiger partial charge in [-0.15, -0.1) is 36.2 Å². The van der Waals surface area contributed by atoms with Crippen LogP contribution in [0.25, 0.3) is 0 Å². The summed E-state index contributed by atoms with van der Waals surface area (Å²) in [6.45, 7) is 0.380. The van der Waals surface area contributed by atoms with Gasteiger partial charge in [0.25, 0.3) is 5.91 Å². The predicted molar refractivity (Wildman–Crippen MR) is 119 cm³/mol. The van der Waals surface area contributed by atoms with E-state index in [9.17, 15) is 4.79 Å². The Labute approximate surface area is 187 Å². The first-order valence-corrected chi connectivity index (χ1v) is 10.3. The summed E-state index contributed by atoms with van der Waals surface area (Å²) in [5.74, 6) is 1.21. The zero-order chi connectivity index (χ0) is 18.8. The lowest BCUT2D eigenvalue weighted by Gasteiger charge is -2.35. The highest BCUT2D eigenvalue weighted by atomic mass is 35.5. The number of benzene rings is 1. The molecule has 2 aliphatic heterocycles. The van der Waals surface area contributed by atoms with Crippen molar-refractivity contribution < 1.29 is 14.3 Å². The SMILES string of the molecule is COc1cc(C(=O)N(C)C2CC3CCC(C2)N3)ccc1OCc1cscn1.Cl.Cl. The number of carbonyl (C=O) groups excluding carboxylic acids is 1. The van der Waals surface area contributed by atoms with Crippen LogP contribution in [0.1, 0.15) is 41.7 Å². The number of rotatable bonds is 6.